The van der Waals surface area contributed by atoms with Crippen molar-refractivity contribution >= 4 is 23.4 Å². The van der Waals surface area contributed by atoms with Gasteiger partial charge < -0.3 is 5.32 Å². The molecule has 1 atom stereocenters. The third-order valence-electron chi connectivity index (χ3n) is 3.25. The Hall–Kier alpha value is -1.03. The van der Waals surface area contributed by atoms with E-state index in [0.717, 1.165) is 23.6 Å². The Morgan fingerprint density at radius 1 is 1.30 bits per heavy atom. The van der Waals surface area contributed by atoms with Gasteiger partial charge in [0.25, 0.3) is 0 Å². The fourth-order valence-corrected chi connectivity index (χ4v) is 3.14. The summed E-state index contributed by atoms with van der Waals surface area (Å²) in [5, 5.41) is 4.29. The Labute approximate surface area is 130 Å². The average Bonchev–Trinajstić information content (AvgIpc) is 2.49. The molecular weight excluding hydrogens is 288 g/mol. The first kappa shape index (κ1) is 15.4. The Bertz CT molecular complexity index is 560. The van der Waals surface area contributed by atoms with Crippen LogP contribution in [-0.4, -0.2) is 17.8 Å². The van der Waals surface area contributed by atoms with Gasteiger partial charge in [-0.1, -0.05) is 36.7 Å². The molecule has 0 bridgehead atoms. The van der Waals surface area contributed by atoms with Crippen molar-refractivity contribution in [3.8, 4) is 0 Å². The van der Waals surface area contributed by atoms with Crippen molar-refractivity contribution in [1.29, 1.82) is 0 Å². The molecule has 0 amide bonds. The van der Waals surface area contributed by atoms with Crippen LogP contribution in [0.3, 0.4) is 0 Å². The lowest BCUT2D eigenvalue weighted by Gasteiger charge is -2.21. The lowest BCUT2D eigenvalue weighted by molar-refractivity contribution is 0.542. The van der Waals surface area contributed by atoms with Crippen molar-refractivity contribution in [1.82, 2.24) is 10.3 Å². The summed E-state index contributed by atoms with van der Waals surface area (Å²) in [7, 11) is 0. The van der Waals surface area contributed by atoms with Crippen LogP contribution in [0.5, 0.6) is 0 Å². The topological polar surface area (TPSA) is 24.9 Å². The van der Waals surface area contributed by atoms with Gasteiger partial charge in [-0.15, -0.1) is 11.8 Å². The Morgan fingerprint density at radius 3 is 2.80 bits per heavy atom. The van der Waals surface area contributed by atoms with Crippen LogP contribution in [-0.2, 0) is 6.42 Å². The predicted octanol–water partition coefficient (Wildman–Crippen LogP) is 4.35. The molecule has 1 unspecified atom stereocenters. The SMILES string of the molecule is CCNC(Cc1ccncc1Cl)c1ccccc1SC. The van der Waals surface area contributed by atoms with Crippen LogP contribution >= 0.6 is 23.4 Å². The minimum atomic E-state index is 0.267. The molecule has 4 heteroatoms. The number of aromatic nitrogens is 1. The Balaban J connectivity index is 2.29. The number of hydrogen-bond acceptors (Lipinski definition) is 3. The van der Waals surface area contributed by atoms with Gasteiger partial charge in [-0.3, -0.25) is 4.98 Å². The number of nitrogens with one attached hydrogen (secondary N) is 1. The highest BCUT2D eigenvalue weighted by Crippen LogP contribution is 2.29. The zero-order valence-electron chi connectivity index (χ0n) is 11.8. The third-order valence-corrected chi connectivity index (χ3v) is 4.40. The van der Waals surface area contributed by atoms with Crippen LogP contribution in [0.1, 0.15) is 24.1 Å². The van der Waals surface area contributed by atoms with Gasteiger partial charge in [0, 0.05) is 23.3 Å². The predicted molar refractivity (Wildman–Crippen MR) is 87.6 cm³/mol. The minimum Gasteiger partial charge on any atom is -0.310 e. The molecular formula is C16H19ClN2S. The van der Waals surface area contributed by atoms with Crippen LogP contribution in [0, 0.1) is 0 Å². The van der Waals surface area contributed by atoms with Gasteiger partial charge in [-0.2, -0.15) is 0 Å². The number of pyridine rings is 1. The van der Waals surface area contributed by atoms with Crippen molar-refractivity contribution in [3.63, 3.8) is 0 Å². The minimum absolute atomic E-state index is 0.267. The molecule has 2 nitrogen and oxygen atoms in total. The molecule has 0 aliphatic heterocycles. The molecule has 1 heterocycles. The average molecular weight is 307 g/mol. The Morgan fingerprint density at radius 2 is 2.10 bits per heavy atom. The third kappa shape index (κ3) is 3.75. The van der Waals surface area contributed by atoms with Crippen LogP contribution in [0.2, 0.25) is 5.02 Å². The van der Waals surface area contributed by atoms with E-state index < -0.39 is 0 Å². The number of benzene rings is 1. The fourth-order valence-electron chi connectivity index (χ4n) is 2.28. The van der Waals surface area contributed by atoms with E-state index in [9.17, 15) is 0 Å². The quantitative estimate of drug-likeness (QED) is 0.803. The second-order valence-electron chi connectivity index (χ2n) is 4.52. The summed E-state index contributed by atoms with van der Waals surface area (Å²) in [5.74, 6) is 0. The van der Waals surface area contributed by atoms with E-state index in [1.54, 1.807) is 24.2 Å². The maximum atomic E-state index is 6.23. The molecule has 0 saturated heterocycles. The summed E-state index contributed by atoms with van der Waals surface area (Å²) >= 11 is 8.01. The maximum absolute atomic E-state index is 6.23. The highest BCUT2D eigenvalue weighted by Gasteiger charge is 2.15. The molecule has 1 aromatic carbocycles. The summed E-state index contributed by atoms with van der Waals surface area (Å²) < 4.78 is 0. The van der Waals surface area contributed by atoms with Crippen LogP contribution in [0.4, 0.5) is 0 Å². The van der Waals surface area contributed by atoms with Gasteiger partial charge in [0.1, 0.15) is 0 Å². The first-order valence-corrected chi connectivity index (χ1v) is 8.31. The number of likely N-dealkylation sites (N-methyl/N-ethyl adjacent to an activating group) is 1. The van der Waals surface area contributed by atoms with Crippen molar-refractivity contribution < 1.29 is 0 Å². The Kier molecular flexibility index (Phi) is 5.89. The smallest absolute Gasteiger partial charge is 0.0622 e. The van der Waals surface area contributed by atoms with E-state index >= 15 is 0 Å². The van der Waals surface area contributed by atoms with Crippen molar-refractivity contribution in [3.05, 3.63) is 58.9 Å². The second kappa shape index (κ2) is 7.67. The first-order valence-electron chi connectivity index (χ1n) is 6.71. The van der Waals surface area contributed by atoms with E-state index in [1.807, 2.05) is 6.07 Å². The van der Waals surface area contributed by atoms with E-state index in [-0.39, 0.29) is 6.04 Å². The fraction of sp³-hybridized carbons (Fsp3) is 0.312. The monoisotopic (exact) mass is 306 g/mol. The summed E-state index contributed by atoms with van der Waals surface area (Å²) in [6.45, 7) is 3.05. The molecule has 0 fully saturated rings. The van der Waals surface area contributed by atoms with E-state index in [0.29, 0.717) is 0 Å². The lowest BCUT2D eigenvalue weighted by Crippen LogP contribution is -2.23. The number of hydrogen-bond donors (Lipinski definition) is 1. The number of nitrogens with zero attached hydrogens (tertiary/aromatic N) is 1. The number of halogens is 1. The van der Waals surface area contributed by atoms with Gasteiger partial charge >= 0.3 is 0 Å². The van der Waals surface area contributed by atoms with Gasteiger partial charge in [0.15, 0.2) is 0 Å². The lowest BCUT2D eigenvalue weighted by atomic mass is 9.99. The summed E-state index contributed by atoms with van der Waals surface area (Å²) in [4.78, 5) is 5.36. The molecule has 1 aromatic heterocycles. The second-order valence-corrected chi connectivity index (χ2v) is 5.78. The molecule has 0 radical (unpaired) electrons. The molecule has 0 spiro atoms. The van der Waals surface area contributed by atoms with E-state index in [2.05, 4.69) is 47.7 Å². The van der Waals surface area contributed by atoms with Gasteiger partial charge in [-0.05, 0) is 42.5 Å². The van der Waals surface area contributed by atoms with Gasteiger partial charge in [0.05, 0.1) is 5.02 Å². The van der Waals surface area contributed by atoms with Crippen LogP contribution in [0.25, 0.3) is 0 Å². The first-order chi connectivity index (χ1) is 9.76. The summed E-state index contributed by atoms with van der Waals surface area (Å²) in [6, 6.07) is 10.8. The summed E-state index contributed by atoms with van der Waals surface area (Å²) in [5.41, 5.74) is 2.46. The maximum Gasteiger partial charge on any atom is 0.0622 e. The molecule has 20 heavy (non-hydrogen) atoms. The van der Waals surface area contributed by atoms with Crippen molar-refractivity contribution in [2.45, 2.75) is 24.3 Å². The van der Waals surface area contributed by atoms with Gasteiger partial charge in [-0.25, -0.2) is 0 Å². The number of rotatable bonds is 6. The van der Waals surface area contributed by atoms with Crippen molar-refractivity contribution in [2.24, 2.45) is 0 Å². The molecule has 0 saturated carbocycles. The zero-order valence-corrected chi connectivity index (χ0v) is 13.3. The molecule has 1 N–H and O–H groups in total. The van der Waals surface area contributed by atoms with Crippen LogP contribution < -0.4 is 5.32 Å². The molecule has 0 aliphatic carbocycles. The molecule has 2 rings (SSSR count). The van der Waals surface area contributed by atoms with E-state index in [4.69, 9.17) is 11.6 Å². The molecule has 2 aromatic rings. The zero-order chi connectivity index (χ0) is 14.4. The highest BCUT2D eigenvalue weighted by atomic mass is 35.5. The van der Waals surface area contributed by atoms with E-state index in [1.165, 1.54) is 10.5 Å². The van der Waals surface area contributed by atoms with Crippen molar-refractivity contribution in [2.75, 3.05) is 12.8 Å². The normalized spacial score (nSPS) is 12.3. The van der Waals surface area contributed by atoms with Gasteiger partial charge in [0.2, 0.25) is 0 Å². The standard InChI is InChI=1S/C16H19ClN2S/c1-3-19-15(10-12-8-9-18-11-14(12)17)13-6-4-5-7-16(13)20-2/h4-9,11,15,19H,3,10H2,1-2H3. The number of thioether (sulfide) groups is 1. The largest absolute Gasteiger partial charge is 0.310 e. The van der Waals surface area contributed by atoms with Crippen LogP contribution in [0.15, 0.2) is 47.6 Å². The summed E-state index contributed by atoms with van der Waals surface area (Å²) in [6.07, 6.45) is 6.49. The highest BCUT2D eigenvalue weighted by molar-refractivity contribution is 7.98. The molecule has 0 aliphatic rings. The molecule has 106 valence electrons.